The van der Waals surface area contributed by atoms with E-state index < -0.39 is 0 Å². The van der Waals surface area contributed by atoms with Crippen molar-refractivity contribution in [2.24, 2.45) is 0 Å². The quantitative estimate of drug-likeness (QED) is 0.406. The van der Waals surface area contributed by atoms with Crippen LogP contribution in [0.5, 0.6) is 5.75 Å². The van der Waals surface area contributed by atoms with E-state index >= 15 is 0 Å². The first-order valence-electron chi connectivity index (χ1n) is 10.3. The van der Waals surface area contributed by atoms with Crippen molar-refractivity contribution in [3.05, 3.63) is 97.0 Å². The van der Waals surface area contributed by atoms with Crippen LogP contribution in [0.15, 0.2) is 91.4 Å². The standard InChI is InChI=1S/C25H20N6O2/c1-33-22-12-6-5-11-19(22)21-14-23(29-28-21)27-25(32)20-16-31(18-9-3-2-4-10-18)30-24(20)17-8-7-13-26-15-17/h2-16H,1H3,(H2,27,28,29,32). The number of hydrogen-bond donors (Lipinski definition) is 2. The molecule has 3 heterocycles. The third kappa shape index (κ3) is 4.09. The van der Waals surface area contributed by atoms with Crippen LogP contribution in [-0.4, -0.2) is 38.0 Å². The van der Waals surface area contributed by atoms with Gasteiger partial charge in [0.05, 0.1) is 24.1 Å². The molecule has 1 amide bonds. The molecule has 8 nitrogen and oxygen atoms in total. The highest BCUT2D eigenvalue weighted by molar-refractivity contribution is 6.07. The third-order valence-corrected chi connectivity index (χ3v) is 5.13. The normalized spacial score (nSPS) is 10.7. The van der Waals surface area contributed by atoms with E-state index in [4.69, 9.17) is 4.74 Å². The summed E-state index contributed by atoms with van der Waals surface area (Å²) >= 11 is 0. The van der Waals surface area contributed by atoms with Gasteiger partial charge in [-0.1, -0.05) is 30.3 Å². The Balaban J connectivity index is 1.48. The van der Waals surface area contributed by atoms with E-state index in [2.05, 4.69) is 25.6 Å². The molecule has 33 heavy (non-hydrogen) atoms. The molecule has 0 aliphatic rings. The number of methoxy groups -OCH3 is 1. The van der Waals surface area contributed by atoms with Crippen molar-refractivity contribution in [3.63, 3.8) is 0 Å². The second-order valence-corrected chi connectivity index (χ2v) is 7.23. The molecule has 0 saturated heterocycles. The van der Waals surface area contributed by atoms with E-state index in [1.807, 2.05) is 66.7 Å². The summed E-state index contributed by atoms with van der Waals surface area (Å²) in [6, 6.07) is 22.7. The Morgan fingerprint density at radius 1 is 1.03 bits per heavy atom. The molecule has 0 saturated carbocycles. The van der Waals surface area contributed by atoms with Gasteiger partial charge < -0.3 is 10.1 Å². The molecule has 5 rings (SSSR count). The second kappa shape index (κ2) is 8.80. The largest absolute Gasteiger partial charge is 0.496 e. The van der Waals surface area contributed by atoms with Crippen LogP contribution < -0.4 is 10.1 Å². The van der Waals surface area contributed by atoms with Crippen LogP contribution >= 0.6 is 0 Å². The van der Waals surface area contributed by atoms with Crippen LogP contribution in [-0.2, 0) is 0 Å². The van der Waals surface area contributed by atoms with Crippen LogP contribution in [0.1, 0.15) is 10.4 Å². The van der Waals surface area contributed by atoms with Crippen molar-refractivity contribution in [1.29, 1.82) is 0 Å². The number of ether oxygens (including phenoxy) is 1. The summed E-state index contributed by atoms with van der Waals surface area (Å²) in [4.78, 5) is 17.4. The number of amides is 1. The predicted molar refractivity (Wildman–Crippen MR) is 125 cm³/mol. The summed E-state index contributed by atoms with van der Waals surface area (Å²) in [5, 5.41) is 14.7. The summed E-state index contributed by atoms with van der Waals surface area (Å²) in [5.74, 6) is 0.779. The minimum Gasteiger partial charge on any atom is -0.496 e. The SMILES string of the molecule is COc1ccccc1-c1cc(NC(=O)c2cn(-c3ccccc3)nc2-c2cccnc2)n[nH]1. The van der Waals surface area contributed by atoms with Crippen LogP contribution in [0.3, 0.4) is 0 Å². The van der Waals surface area contributed by atoms with Gasteiger partial charge in [-0.05, 0) is 36.4 Å². The first-order chi connectivity index (χ1) is 16.2. The van der Waals surface area contributed by atoms with Gasteiger partial charge in [-0.2, -0.15) is 10.2 Å². The number of carbonyl (C=O) groups is 1. The van der Waals surface area contributed by atoms with Crippen molar-refractivity contribution >= 4 is 11.7 Å². The highest BCUT2D eigenvalue weighted by Crippen LogP contribution is 2.30. The Morgan fingerprint density at radius 2 is 1.85 bits per heavy atom. The molecule has 0 unspecified atom stereocenters. The summed E-state index contributed by atoms with van der Waals surface area (Å²) < 4.78 is 7.10. The zero-order chi connectivity index (χ0) is 22.6. The molecule has 2 N–H and O–H groups in total. The van der Waals surface area contributed by atoms with E-state index in [9.17, 15) is 4.79 Å². The molecular formula is C25H20N6O2. The van der Waals surface area contributed by atoms with Gasteiger partial charge in [0.25, 0.3) is 5.91 Å². The Bertz CT molecular complexity index is 1390. The molecule has 3 aromatic heterocycles. The molecule has 162 valence electrons. The first kappa shape index (κ1) is 20.2. The zero-order valence-corrected chi connectivity index (χ0v) is 17.8. The molecule has 0 bridgehead atoms. The van der Waals surface area contributed by atoms with E-state index in [1.54, 1.807) is 36.4 Å². The van der Waals surface area contributed by atoms with Gasteiger partial charge in [0, 0.05) is 35.8 Å². The maximum atomic E-state index is 13.3. The number of pyridine rings is 1. The molecule has 0 spiro atoms. The fourth-order valence-electron chi connectivity index (χ4n) is 3.54. The lowest BCUT2D eigenvalue weighted by Gasteiger charge is -2.05. The Morgan fingerprint density at radius 3 is 2.64 bits per heavy atom. The van der Waals surface area contributed by atoms with Crippen molar-refractivity contribution in [1.82, 2.24) is 25.0 Å². The number of benzene rings is 2. The monoisotopic (exact) mass is 436 g/mol. The van der Waals surface area contributed by atoms with Crippen molar-refractivity contribution < 1.29 is 9.53 Å². The maximum Gasteiger partial charge on any atom is 0.260 e. The lowest BCUT2D eigenvalue weighted by Crippen LogP contribution is -2.12. The lowest BCUT2D eigenvalue weighted by atomic mass is 10.1. The summed E-state index contributed by atoms with van der Waals surface area (Å²) in [6.45, 7) is 0. The molecule has 0 atom stereocenters. The predicted octanol–water partition coefficient (Wildman–Crippen LogP) is 4.59. The summed E-state index contributed by atoms with van der Waals surface area (Å²) in [7, 11) is 1.61. The average Bonchev–Trinajstić information content (AvgIpc) is 3.53. The number of aromatic amines is 1. The molecule has 0 radical (unpaired) electrons. The fraction of sp³-hybridized carbons (Fsp3) is 0.0400. The molecule has 5 aromatic rings. The minimum atomic E-state index is -0.325. The Hall–Kier alpha value is -4.72. The number of hydrogen-bond acceptors (Lipinski definition) is 5. The highest BCUT2D eigenvalue weighted by Gasteiger charge is 2.20. The Kier molecular flexibility index (Phi) is 5.38. The molecule has 0 aliphatic carbocycles. The topological polar surface area (TPSA) is 97.7 Å². The number of aromatic nitrogens is 5. The molecular weight excluding hydrogens is 416 g/mol. The second-order valence-electron chi connectivity index (χ2n) is 7.23. The van der Waals surface area contributed by atoms with Gasteiger partial charge in [-0.3, -0.25) is 14.9 Å². The lowest BCUT2D eigenvalue weighted by molar-refractivity contribution is 0.102. The fourth-order valence-corrected chi connectivity index (χ4v) is 3.54. The number of nitrogens with one attached hydrogen (secondary N) is 2. The van der Waals surface area contributed by atoms with Crippen LogP contribution in [0, 0.1) is 0 Å². The van der Waals surface area contributed by atoms with Gasteiger partial charge in [0.1, 0.15) is 11.4 Å². The van der Waals surface area contributed by atoms with Gasteiger partial charge in [0.2, 0.25) is 0 Å². The van der Waals surface area contributed by atoms with Crippen molar-refractivity contribution in [2.75, 3.05) is 12.4 Å². The van der Waals surface area contributed by atoms with E-state index in [0.29, 0.717) is 22.8 Å². The smallest absolute Gasteiger partial charge is 0.260 e. The highest BCUT2D eigenvalue weighted by atomic mass is 16.5. The number of rotatable bonds is 6. The summed E-state index contributed by atoms with van der Waals surface area (Å²) in [6.07, 6.45) is 5.07. The molecule has 2 aromatic carbocycles. The van der Waals surface area contributed by atoms with E-state index in [0.717, 1.165) is 22.5 Å². The number of H-pyrrole nitrogens is 1. The van der Waals surface area contributed by atoms with E-state index in [-0.39, 0.29) is 5.91 Å². The molecule has 0 aliphatic heterocycles. The van der Waals surface area contributed by atoms with Crippen LogP contribution in [0.25, 0.3) is 28.2 Å². The Labute approximate surface area is 189 Å². The van der Waals surface area contributed by atoms with Crippen LogP contribution in [0.2, 0.25) is 0 Å². The third-order valence-electron chi connectivity index (χ3n) is 5.13. The van der Waals surface area contributed by atoms with E-state index in [1.165, 1.54) is 0 Å². The van der Waals surface area contributed by atoms with Gasteiger partial charge in [0.15, 0.2) is 5.82 Å². The zero-order valence-electron chi connectivity index (χ0n) is 17.8. The molecule has 0 fully saturated rings. The molecule has 8 heteroatoms. The maximum absolute atomic E-state index is 13.3. The van der Waals surface area contributed by atoms with Crippen molar-refractivity contribution in [3.8, 4) is 34.0 Å². The first-order valence-corrected chi connectivity index (χ1v) is 10.3. The van der Waals surface area contributed by atoms with Gasteiger partial charge >= 0.3 is 0 Å². The van der Waals surface area contributed by atoms with Crippen molar-refractivity contribution in [2.45, 2.75) is 0 Å². The number of anilines is 1. The number of para-hydroxylation sites is 2. The number of nitrogens with zero attached hydrogens (tertiary/aromatic N) is 4. The minimum absolute atomic E-state index is 0.325. The van der Waals surface area contributed by atoms with Gasteiger partial charge in [-0.25, -0.2) is 4.68 Å². The van der Waals surface area contributed by atoms with Crippen LogP contribution in [0.4, 0.5) is 5.82 Å². The summed E-state index contributed by atoms with van der Waals surface area (Å²) in [5.41, 5.74) is 4.11. The average molecular weight is 436 g/mol. The number of carbonyl (C=O) groups excluding carboxylic acids is 1. The van der Waals surface area contributed by atoms with Gasteiger partial charge in [-0.15, -0.1) is 0 Å².